The topological polar surface area (TPSA) is 35.2 Å². The Morgan fingerprint density at radius 3 is 2.86 bits per heavy atom. The zero-order valence-corrected chi connectivity index (χ0v) is 9.70. The first-order valence-electron chi connectivity index (χ1n) is 4.06. The van der Waals surface area contributed by atoms with Gasteiger partial charge in [-0.2, -0.15) is 0 Å². The summed E-state index contributed by atoms with van der Waals surface area (Å²) < 4.78 is 19.4. The number of benzene rings is 1. The van der Waals surface area contributed by atoms with E-state index in [9.17, 15) is 4.39 Å². The zero-order valence-electron chi connectivity index (χ0n) is 7.30. The van der Waals surface area contributed by atoms with Crippen LogP contribution in [0, 0.1) is 5.82 Å². The number of fused-ring (bicyclic) bond motifs is 1. The Morgan fingerprint density at radius 2 is 2.21 bits per heavy atom. The fourth-order valence-corrected chi connectivity index (χ4v) is 1.93. The van der Waals surface area contributed by atoms with Gasteiger partial charge in [-0.1, -0.05) is 0 Å². The lowest BCUT2D eigenvalue weighted by Gasteiger charge is -2.24. The van der Waals surface area contributed by atoms with Crippen molar-refractivity contribution in [1.29, 1.82) is 0 Å². The highest BCUT2D eigenvalue weighted by atomic mass is 79.9. The molecule has 2 rings (SSSR count). The third-order valence-electron chi connectivity index (χ3n) is 2.14. The van der Waals surface area contributed by atoms with E-state index in [0.717, 1.165) is 4.47 Å². The van der Waals surface area contributed by atoms with Crippen LogP contribution in [0.25, 0.3) is 0 Å². The summed E-state index contributed by atoms with van der Waals surface area (Å²) in [6.07, 6.45) is 0.667. The maximum Gasteiger partial charge on any atom is 0.141 e. The monoisotopic (exact) mass is 281 g/mol. The molecule has 78 valence electrons. The van der Waals surface area contributed by atoms with Gasteiger partial charge in [0.2, 0.25) is 0 Å². The first-order chi connectivity index (χ1) is 6.20. The Balaban J connectivity index is 0.000000980. The molecule has 0 unspecified atom stereocenters. The summed E-state index contributed by atoms with van der Waals surface area (Å²) in [5.41, 5.74) is 6.26. The van der Waals surface area contributed by atoms with Gasteiger partial charge in [0, 0.05) is 18.0 Å². The number of ether oxygens (including phenoxy) is 1. The van der Waals surface area contributed by atoms with E-state index in [1.807, 2.05) is 0 Å². The van der Waals surface area contributed by atoms with Crippen molar-refractivity contribution in [2.75, 3.05) is 6.61 Å². The van der Waals surface area contributed by atoms with E-state index >= 15 is 0 Å². The summed E-state index contributed by atoms with van der Waals surface area (Å²) in [5, 5.41) is 0. The van der Waals surface area contributed by atoms with Crippen molar-refractivity contribution in [3.8, 4) is 5.75 Å². The molecule has 1 aliphatic heterocycles. The van der Waals surface area contributed by atoms with Crippen molar-refractivity contribution in [2.24, 2.45) is 5.73 Å². The lowest BCUT2D eigenvalue weighted by Crippen LogP contribution is -2.22. The van der Waals surface area contributed by atoms with Crippen molar-refractivity contribution < 1.29 is 9.13 Å². The second-order valence-corrected chi connectivity index (χ2v) is 3.87. The second kappa shape index (κ2) is 4.47. The third-order valence-corrected chi connectivity index (χ3v) is 2.77. The lowest BCUT2D eigenvalue weighted by atomic mass is 10.0. The lowest BCUT2D eigenvalue weighted by molar-refractivity contribution is 0.262. The van der Waals surface area contributed by atoms with Crippen molar-refractivity contribution in [1.82, 2.24) is 0 Å². The van der Waals surface area contributed by atoms with Gasteiger partial charge in [-0.3, -0.25) is 0 Å². The van der Waals surface area contributed by atoms with Crippen molar-refractivity contribution in [2.45, 2.75) is 12.5 Å². The van der Waals surface area contributed by atoms with Crippen molar-refractivity contribution in [3.05, 3.63) is 28.0 Å². The molecule has 1 aliphatic rings. The van der Waals surface area contributed by atoms with Gasteiger partial charge in [0.15, 0.2) is 0 Å². The van der Waals surface area contributed by atoms with E-state index in [0.29, 0.717) is 24.3 Å². The molecule has 1 aromatic carbocycles. The van der Waals surface area contributed by atoms with E-state index in [1.54, 1.807) is 6.07 Å². The van der Waals surface area contributed by atoms with Crippen LogP contribution in [-0.2, 0) is 0 Å². The standard InChI is InChI=1S/C9H9BrFNO.ClH/c10-5-1-2-6(11)8-7(12)3-4-13-9(5)8;/h1-2,7H,3-4,12H2;1H/t7-;/m0./s1. The van der Waals surface area contributed by atoms with Gasteiger partial charge >= 0.3 is 0 Å². The molecule has 14 heavy (non-hydrogen) atoms. The molecule has 1 heterocycles. The predicted octanol–water partition coefficient (Wildman–Crippen LogP) is 2.79. The number of halogens is 3. The summed E-state index contributed by atoms with van der Waals surface area (Å²) in [4.78, 5) is 0. The molecule has 0 saturated carbocycles. The molecule has 0 bridgehead atoms. The maximum absolute atomic E-state index is 13.3. The summed E-state index contributed by atoms with van der Waals surface area (Å²) in [6, 6.07) is 2.78. The van der Waals surface area contributed by atoms with Crippen LogP contribution in [0.1, 0.15) is 18.0 Å². The molecule has 2 N–H and O–H groups in total. The van der Waals surface area contributed by atoms with E-state index in [2.05, 4.69) is 15.9 Å². The van der Waals surface area contributed by atoms with Gasteiger partial charge < -0.3 is 10.5 Å². The van der Waals surface area contributed by atoms with Gasteiger partial charge in [0.25, 0.3) is 0 Å². The molecular formula is C9H10BrClFNO. The fraction of sp³-hybridized carbons (Fsp3) is 0.333. The first kappa shape index (κ1) is 11.8. The SMILES string of the molecule is Cl.N[C@H]1CCOc2c(Br)ccc(F)c21. The Hall–Kier alpha value is -0.320. The maximum atomic E-state index is 13.3. The summed E-state index contributed by atoms with van der Waals surface area (Å²) in [7, 11) is 0. The van der Waals surface area contributed by atoms with Crippen LogP contribution >= 0.6 is 28.3 Å². The molecular weight excluding hydrogens is 272 g/mol. The molecule has 5 heteroatoms. The van der Waals surface area contributed by atoms with Crippen molar-refractivity contribution in [3.63, 3.8) is 0 Å². The van der Waals surface area contributed by atoms with E-state index < -0.39 is 0 Å². The minimum Gasteiger partial charge on any atom is -0.492 e. The smallest absolute Gasteiger partial charge is 0.141 e. The summed E-state index contributed by atoms with van der Waals surface area (Å²) in [6.45, 7) is 0.552. The largest absolute Gasteiger partial charge is 0.492 e. The van der Waals surface area contributed by atoms with Crippen LogP contribution in [0.3, 0.4) is 0 Å². The minimum atomic E-state index is -0.287. The molecule has 0 amide bonds. The molecule has 0 spiro atoms. The average molecular weight is 283 g/mol. The molecule has 0 saturated heterocycles. The number of hydrogen-bond acceptors (Lipinski definition) is 2. The van der Waals surface area contributed by atoms with E-state index in [4.69, 9.17) is 10.5 Å². The quantitative estimate of drug-likeness (QED) is 0.794. The van der Waals surface area contributed by atoms with Gasteiger partial charge in [0.1, 0.15) is 11.6 Å². The summed E-state index contributed by atoms with van der Waals surface area (Å²) in [5.74, 6) is 0.268. The molecule has 1 aromatic rings. The van der Waals surface area contributed by atoms with Crippen molar-refractivity contribution >= 4 is 28.3 Å². The average Bonchev–Trinajstić information content (AvgIpc) is 2.12. The Bertz CT molecular complexity index is 348. The second-order valence-electron chi connectivity index (χ2n) is 3.02. The Labute approximate surface area is 96.2 Å². The van der Waals surface area contributed by atoms with Crippen LogP contribution < -0.4 is 10.5 Å². The number of rotatable bonds is 0. The Morgan fingerprint density at radius 1 is 1.50 bits per heavy atom. The first-order valence-corrected chi connectivity index (χ1v) is 4.85. The van der Waals surface area contributed by atoms with Crippen LogP contribution in [0.5, 0.6) is 5.75 Å². The van der Waals surface area contributed by atoms with Crippen LogP contribution in [-0.4, -0.2) is 6.61 Å². The van der Waals surface area contributed by atoms with Gasteiger partial charge in [-0.15, -0.1) is 12.4 Å². The molecule has 2 nitrogen and oxygen atoms in total. The fourth-order valence-electron chi connectivity index (χ4n) is 1.47. The van der Waals surface area contributed by atoms with Gasteiger partial charge in [-0.25, -0.2) is 4.39 Å². The molecule has 0 fully saturated rings. The van der Waals surface area contributed by atoms with Gasteiger partial charge in [-0.05, 0) is 28.1 Å². The highest BCUT2D eigenvalue weighted by Crippen LogP contribution is 2.38. The van der Waals surface area contributed by atoms with E-state index in [1.165, 1.54) is 6.07 Å². The van der Waals surface area contributed by atoms with Crippen LogP contribution in [0.4, 0.5) is 4.39 Å². The summed E-state index contributed by atoms with van der Waals surface area (Å²) >= 11 is 3.30. The zero-order chi connectivity index (χ0) is 9.42. The highest BCUT2D eigenvalue weighted by molar-refractivity contribution is 9.10. The molecule has 0 aliphatic carbocycles. The number of hydrogen-bond donors (Lipinski definition) is 1. The Kier molecular flexibility index (Phi) is 3.75. The third kappa shape index (κ3) is 1.87. The van der Waals surface area contributed by atoms with Crippen LogP contribution in [0.2, 0.25) is 0 Å². The van der Waals surface area contributed by atoms with Crippen LogP contribution in [0.15, 0.2) is 16.6 Å². The molecule has 0 aromatic heterocycles. The normalized spacial score (nSPS) is 19.2. The van der Waals surface area contributed by atoms with Gasteiger partial charge in [0.05, 0.1) is 11.1 Å². The van der Waals surface area contributed by atoms with E-state index in [-0.39, 0.29) is 24.3 Å². The predicted molar refractivity (Wildman–Crippen MR) is 58.4 cm³/mol. The number of nitrogens with two attached hydrogens (primary N) is 1. The molecule has 1 atom stereocenters. The molecule has 0 radical (unpaired) electrons. The minimum absolute atomic E-state index is 0. The highest BCUT2D eigenvalue weighted by Gasteiger charge is 2.23.